The summed E-state index contributed by atoms with van der Waals surface area (Å²) in [4.78, 5) is 16.7. The van der Waals surface area contributed by atoms with E-state index in [1.54, 1.807) is 30.3 Å². The summed E-state index contributed by atoms with van der Waals surface area (Å²) in [5, 5.41) is 0. The van der Waals surface area contributed by atoms with Crippen LogP contribution in [0.15, 0.2) is 15.9 Å². The first kappa shape index (κ1) is 15.6. The molecule has 0 aliphatic carbocycles. The number of halogens is 1. The van der Waals surface area contributed by atoms with Crippen LogP contribution in [-0.4, -0.2) is 49.4 Å². The molecule has 102 valence electrons. The molecule has 0 saturated heterocycles. The van der Waals surface area contributed by atoms with Crippen LogP contribution in [0.1, 0.15) is 17.8 Å². The van der Waals surface area contributed by atoms with Gasteiger partial charge in [-0.05, 0) is 34.6 Å². The second kappa shape index (κ2) is 7.23. The van der Waals surface area contributed by atoms with Gasteiger partial charge in [-0.25, -0.2) is 0 Å². The normalized spacial score (nSPS) is 12.8. The van der Waals surface area contributed by atoms with Gasteiger partial charge in [0.2, 0.25) is 5.91 Å². The Morgan fingerprint density at radius 2 is 2.17 bits per heavy atom. The third-order valence-corrected chi connectivity index (χ3v) is 4.55. The molecule has 0 aromatic carbocycles. The third-order valence-electron chi connectivity index (χ3n) is 2.83. The molecule has 1 rings (SSSR count). The minimum absolute atomic E-state index is 0.103. The number of thiophene rings is 1. The molecular weight excluding hydrogens is 314 g/mol. The molecule has 1 heterocycles. The van der Waals surface area contributed by atoms with Gasteiger partial charge in [-0.1, -0.05) is 6.92 Å². The SMILES string of the molecule is CCN(CC(=O)N(C)C)C(CN)c1ccc(Br)s1. The molecule has 1 amide bonds. The Labute approximate surface area is 121 Å². The Morgan fingerprint density at radius 3 is 2.56 bits per heavy atom. The van der Waals surface area contributed by atoms with Gasteiger partial charge in [0.25, 0.3) is 0 Å². The number of likely N-dealkylation sites (N-methyl/N-ethyl adjacent to an activating group) is 2. The maximum atomic E-state index is 11.8. The molecule has 1 unspecified atom stereocenters. The van der Waals surface area contributed by atoms with Crippen LogP contribution in [0.3, 0.4) is 0 Å². The Bertz CT molecular complexity index is 394. The van der Waals surface area contributed by atoms with Crippen molar-refractivity contribution in [2.45, 2.75) is 13.0 Å². The molecule has 0 fully saturated rings. The van der Waals surface area contributed by atoms with Gasteiger partial charge in [-0.15, -0.1) is 11.3 Å². The predicted molar refractivity (Wildman–Crippen MR) is 79.8 cm³/mol. The fourth-order valence-corrected chi connectivity index (χ4v) is 3.28. The van der Waals surface area contributed by atoms with Crippen LogP contribution in [0.2, 0.25) is 0 Å². The second-order valence-electron chi connectivity index (χ2n) is 4.24. The van der Waals surface area contributed by atoms with Gasteiger partial charge in [0, 0.05) is 25.5 Å². The molecule has 0 aliphatic rings. The summed E-state index contributed by atoms with van der Waals surface area (Å²) in [6.07, 6.45) is 0. The van der Waals surface area contributed by atoms with Gasteiger partial charge in [0.05, 0.1) is 16.4 Å². The summed E-state index contributed by atoms with van der Waals surface area (Å²) >= 11 is 5.13. The lowest BCUT2D eigenvalue weighted by molar-refractivity contribution is -0.130. The molecular formula is C12H20BrN3OS. The van der Waals surface area contributed by atoms with E-state index in [4.69, 9.17) is 5.73 Å². The highest BCUT2D eigenvalue weighted by Gasteiger charge is 2.22. The van der Waals surface area contributed by atoms with E-state index in [0.717, 1.165) is 10.3 Å². The van der Waals surface area contributed by atoms with E-state index in [2.05, 4.69) is 26.9 Å². The van der Waals surface area contributed by atoms with E-state index in [9.17, 15) is 4.79 Å². The smallest absolute Gasteiger partial charge is 0.236 e. The van der Waals surface area contributed by atoms with Crippen LogP contribution >= 0.6 is 27.3 Å². The number of carbonyl (C=O) groups excluding carboxylic acids is 1. The number of rotatable bonds is 6. The zero-order valence-corrected chi connectivity index (χ0v) is 13.4. The van der Waals surface area contributed by atoms with Crippen molar-refractivity contribution in [3.8, 4) is 0 Å². The summed E-state index contributed by atoms with van der Waals surface area (Å²) in [7, 11) is 3.55. The topological polar surface area (TPSA) is 49.6 Å². The lowest BCUT2D eigenvalue weighted by Gasteiger charge is -2.29. The maximum absolute atomic E-state index is 11.8. The van der Waals surface area contributed by atoms with Crippen LogP contribution in [0.25, 0.3) is 0 Å². The van der Waals surface area contributed by atoms with E-state index in [-0.39, 0.29) is 11.9 Å². The van der Waals surface area contributed by atoms with E-state index >= 15 is 0 Å². The molecule has 1 atom stereocenters. The highest BCUT2D eigenvalue weighted by atomic mass is 79.9. The highest BCUT2D eigenvalue weighted by molar-refractivity contribution is 9.11. The average Bonchev–Trinajstić information content (AvgIpc) is 2.75. The minimum Gasteiger partial charge on any atom is -0.348 e. The number of nitrogens with two attached hydrogens (primary N) is 1. The zero-order chi connectivity index (χ0) is 13.7. The van der Waals surface area contributed by atoms with Crippen LogP contribution < -0.4 is 5.73 Å². The monoisotopic (exact) mass is 333 g/mol. The van der Waals surface area contributed by atoms with E-state index in [1.807, 2.05) is 13.0 Å². The van der Waals surface area contributed by atoms with Crippen LogP contribution in [0.4, 0.5) is 0 Å². The maximum Gasteiger partial charge on any atom is 0.236 e. The van der Waals surface area contributed by atoms with Crippen molar-refractivity contribution in [3.05, 3.63) is 20.8 Å². The fourth-order valence-electron chi connectivity index (χ4n) is 1.71. The third kappa shape index (κ3) is 4.05. The van der Waals surface area contributed by atoms with E-state index in [0.29, 0.717) is 13.1 Å². The van der Waals surface area contributed by atoms with Crippen molar-refractivity contribution >= 4 is 33.2 Å². The number of carbonyl (C=O) groups is 1. The van der Waals surface area contributed by atoms with Crippen molar-refractivity contribution in [1.29, 1.82) is 0 Å². The quantitative estimate of drug-likeness (QED) is 0.865. The summed E-state index contributed by atoms with van der Waals surface area (Å²) in [5.74, 6) is 0.103. The summed E-state index contributed by atoms with van der Waals surface area (Å²) in [6.45, 7) is 3.77. The first-order valence-electron chi connectivity index (χ1n) is 5.89. The first-order chi connectivity index (χ1) is 8.49. The number of hydrogen-bond donors (Lipinski definition) is 1. The fraction of sp³-hybridized carbons (Fsp3) is 0.583. The molecule has 6 heteroatoms. The number of hydrogen-bond acceptors (Lipinski definition) is 4. The molecule has 0 spiro atoms. The average molecular weight is 334 g/mol. The van der Waals surface area contributed by atoms with Crippen molar-refractivity contribution in [2.24, 2.45) is 5.73 Å². The molecule has 0 radical (unpaired) electrons. The summed E-state index contributed by atoms with van der Waals surface area (Å²) in [5.41, 5.74) is 5.87. The van der Waals surface area contributed by atoms with Gasteiger partial charge in [-0.2, -0.15) is 0 Å². The first-order valence-corrected chi connectivity index (χ1v) is 7.50. The van der Waals surface area contributed by atoms with Crippen LogP contribution in [-0.2, 0) is 4.79 Å². The van der Waals surface area contributed by atoms with Crippen molar-refractivity contribution in [1.82, 2.24) is 9.80 Å². The Morgan fingerprint density at radius 1 is 1.50 bits per heavy atom. The summed E-state index contributed by atoms with van der Waals surface area (Å²) in [6, 6.07) is 4.19. The predicted octanol–water partition coefficient (Wildman–Crippen LogP) is 1.92. The lowest BCUT2D eigenvalue weighted by Crippen LogP contribution is -2.40. The van der Waals surface area contributed by atoms with Gasteiger partial charge >= 0.3 is 0 Å². The molecule has 0 saturated carbocycles. The van der Waals surface area contributed by atoms with Crippen LogP contribution in [0, 0.1) is 0 Å². The van der Waals surface area contributed by atoms with Crippen molar-refractivity contribution in [2.75, 3.05) is 33.7 Å². The molecule has 1 aromatic heterocycles. The largest absolute Gasteiger partial charge is 0.348 e. The Hall–Kier alpha value is -0.430. The lowest BCUT2D eigenvalue weighted by atomic mass is 10.2. The molecule has 4 nitrogen and oxygen atoms in total. The van der Waals surface area contributed by atoms with Gasteiger partial charge in [-0.3, -0.25) is 9.69 Å². The standard InChI is InChI=1S/C12H20BrN3OS/c1-4-16(8-12(17)15(2)3)9(7-14)10-5-6-11(13)18-10/h5-6,9H,4,7-8,14H2,1-3H3. The molecule has 0 aliphatic heterocycles. The zero-order valence-electron chi connectivity index (χ0n) is 11.0. The van der Waals surface area contributed by atoms with Gasteiger partial charge in [0.1, 0.15) is 0 Å². The summed E-state index contributed by atoms with van der Waals surface area (Å²) < 4.78 is 1.09. The van der Waals surface area contributed by atoms with E-state index < -0.39 is 0 Å². The van der Waals surface area contributed by atoms with Crippen LogP contribution in [0.5, 0.6) is 0 Å². The molecule has 2 N–H and O–H groups in total. The minimum atomic E-state index is 0.103. The Kier molecular flexibility index (Phi) is 6.28. The number of amides is 1. The molecule has 18 heavy (non-hydrogen) atoms. The molecule has 1 aromatic rings. The van der Waals surface area contributed by atoms with Gasteiger partial charge < -0.3 is 10.6 Å². The van der Waals surface area contributed by atoms with E-state index in [1.165, 1.54) is 4.88 Å². The van der Waals surface area contributed by atoms with Crippen molar-refractivity contribution < 1.29 is 4.79 Å². The van der Waals surface area contributed by atoms with Crippen molar-refractivity contribution in [3.63, 3.8) is 0 Å². The Balaban J connectivity index is 2.81. The molecule has 0 bridgehead atoms. The van der Waals surface area contributed by atoms with Gasteiger partial charge in [0.15, 0.2) is 0 Å². The number of nitrogens with zero attached hydrogens (tertiary/aromatic N) is 2. The second-order valence-corrected chi connectivity index (χ2v) is 6.74. The highest BCUT2D eigenvalue weighted by Crippen LogP contribution is 2.30.